The zero-order valence-electron chi connectivity index (χ0n) is 16.2. The normalized spacial score (nSPS) is 27.0. The van der Waals surface area contributed by atoms with E-state index in [0.29, 0.717) is 18.9 Å². The number of rotatable bonds is 6. The number of nitrogens with two attached hydrogens (primary N) is 1. The van der Waals surface area contributed by atoms with Crippen LogP contribution in [0, 0.1) is 23.4 Å². The number of benzene rings is 1. The minimum absolute atomic E-state index is 0.0285. The van der Waals surface area contributed by atoms with Gasteiger partial charge in [-0.05, 0) is 62.5 Å². The topological polar surface area (TPSA) is 75.4 Å². The Morgan fingerprint density at radius 1 is 1.03 bits per heavy atom. The van der Waals surface area contributed by atoms with Crippen LogP contribution in [0.15, 0.2) is 12.1 Å². The molecule has 1 aromatic carbocycles. The Balaban J connectivity index is 1.36. The van der Waals surface area contributed by atoms with Gasteiger partial charge in [-0.25, -0.2) is 13.2 Å². The van der Waals surface area contributed by atoms with Crippen molar-refractivity contribution in [3.63, 3.8) is 0 Å². The van der Waals surface area contributed by atoms with Crippen molar-refractivity contribution in [2.75, 3.05) is 0 Å². The van der Waals surface area contributed by atoms with Gasteiger partial charge in [0, 0.05) is 30.2 Å². The van der Waals surface area contributed by atoms with Crippen LogP contribution >= 0.6 is 0 Å². The fourth-order valence-corrected chi connectivity index (χ4v) is 4.85. The third-order valence-electron chi connectivity index (χ3n) is 6.46. The third-order valence-corrected chi connectivity index (χ3v) is 6.46. The van der Waals surface area contributed by atoms with E-state index < -0.39 is 23.5 Å². The zero-order chi connectivity index (χ0) is 20.7. The summed E-state index contributed by atoms with van der Waals surface area (Å²) in [5.74, 6) is -3.39. The lowest BCUT2D eigenvalue weighted by atomic mass is 9.82. The van der Waals surface area contributed by atoms with Gasteiger partial charge in [-0.1, -0.05) is 0 Å². The molecule has 2 bridgehead atoms. The van der Waals surface area contributed by atoms with Crippen LogP contribution < -0.4 is 11.1 Å². The molecule has 1 aliphatic carbocycles. The molecule has 0 radical (unpaired) electrons. The molecular weight excluding hydrogens is 383 g/mol. The SMILES string of the molecule is NC(Cc1cc(F)c(F)cc1F)C1CC2CCC(C1)N2C(=O)CC(=O)NC1CC1. The molecule has 0 spiro atoms. The number of halogens is 3. The predicted molar refractivity (Wildman–Crippen MR) is 100 cm³/mol. The van der Waals surface area contributed by atoms with Crippen LogP contribution in [-0.2, 0) is 16.0 Å². The molecule has 29 heavy (non-hydrogen) atoms. The minimum Gasteiger partial charge on any atom is -0.353 e. The molecule has 2 heterocycles. The van der Waals surface area contributed by atoms with Gasteiger partial charge in [0.1, 0.15) is 12.2 Å². The summed E-state index contributed by atoms with van der Waals surface area (Å²) in [6.07, 6.45) is 5.04. The highest BCUT2D eigenvalue weighted by atomic mass is 19.2. The van der Waals surface area contributed by atoms with Crippen molar-refractivity contribution in [3.05, 3.63) is 35.1 Å². The van der Waals surface area contributed by atoms with E-state index in [1.54, 1.807) is 0 Å². The Morgan fingerprint density at radius 2 is 1.66 bits per heavy atom. The van der Waals surface area contributed by atoms with Crippen LogP contribution in [0.3, 0.4) is 0 Å². The van der Waals surface area contributed by atoms with Gasteiger partial charge in [0.05, 0.1) is 0 Å². The summed E-state index contributed by atoms with van der Waals surface area (Å²) in [6.45, 7) is 0. The lowest BCUT2D eigenvalue weighted by Gasteiger charge is -2.41. The van der Waals surface area contributed by atoms with Crippen molar-refractivity contribution in [3.8, 4) is 0 Å². The fourth-order valence-electron chi connectivity index (χ4n) is 4.85. The van der Waals surface area contributed by atoms with Crippen molar-refractivity contribution in [2.45, 2.75) is 75.5 Å². The Kier molecular flexibility index (Phi) is 5.55. The largest absolute Gasteiger partial charge is 0.353 e. The molecule has 1 aromatic rings. The first-order valence-corrected chi connectivity index (χ1v) is 10.3. The average molecular weight is 409 g/mol. The second kappa shape index (κ2) is 7.97. The lowest BCUT2D eigenvalue weighted by Crippen LogP contribution is -2.51. The molecule has 3 N–H and O–H groups in total. The number of nitrogens with one attached hydrogen (secondary N) is 1. The average Bonchev–Trinajstić information content (AvgIpc) is 3.42. The van der Waals surface area contributed by atoms with Gasteiger partial charge in [0.2, 0.25) is 11.8 Å². The third kappa shape index (κ3) is 4.42. The maximum Gasteiger partial charge on any atom is 0.232 e. The quantitative estimate of drug-likeness (QED) is 0.560. The first kappa shape index (κ1) is 20.2. The van der Waals surface area contributed by atoms with Crippen LogP contribution in [0.1, 0.15) is 50.5 Å². The van der Waals surface area contributed by atoms with E-state index in [4.69, 9.17) is 5.73 Å². The molecule has 3 unspecified atom stereocenters. The Bertz CT molecular complexity index is 801. The van der Waals surface area contributed by atoms with E-state index in [1.807, 2.05) is 4.90 Å². The van der Waals surface area contributed by atoms with Gasteiger partial charge in [0.15, 0.2) is 11.6 Å². The molecule has 3 atom stereocenters. The molecule has 2 saturated heterocycles. The van der Waals surface area contributed by atoms with Crippen molar-refractivity contribution in [1.82, 2.24) is 10.2 Å². The molecule has 4 rings (SSSR count). The number of hydrogen-bond donors (Lipinski definition) is 2. The lowest BCUT2D eigenvalue weighted by molar-refractivity contribution is -0.140. The summed E-state index contributed by atoms with van der Waals surface area (Å²) in [5, 5.41) is 2.84. The first-order valence-electron chi connectivity index (χ1n) is 10.3. The first-order chi connectivity index (χ1) is 13.8. The number of carbonyl (C=O) groups is 2. The number of amides is 2. The van der Waals surface area contributed by atoms with E-state index in [2.05, 4.69) is 5.32 Å². The number of hydrogen-bond acceptors (Lipinski definition) is 3. The van der Waals surface area contributed by atoms with Gasteiger partial charge >= 0.3 is 0 Å². The summed E-state index contributed by atoms with van der Waals surface area (Å²) < 4.78 is 40.5. The monoisotopic (exact) mass is 409 g/mol. The highest BCUT2D eigenvalue weighted by Gasteiger charge is 2.44. The van der Waals surface area contributed by atoms with Gasteiger partial charge in [-0.2, -0.15) is 0 Å². The summed E-state index contributed by atoms with van der Waals surface area (Å²) in [5.41, 5.74) is 6.37. The van der Waals surface area contributed by atoms with E-state index >= 15 is 0 Å². The van der Waals surface area contributed by atoms with E-state index in [0.717, 1.165) is 31.7 Å². The van der Waals surface area contributed by atoms with E-state index in [-0.39, 0.29) is 54.3 Å². The molecule has 158 valence electrons. The Morgan fingerprint density at radius 3 is 2.28 bits per heavy atom. The van der Waals surface area contributed by atoms with Crippen molar-refractivity contribution < 1.29 is 22.8 Å². The molecule has 5 nitrogen and oxygen atoms in total. The second-order valence-electron chi connectivity index (χ2n) is 8.66. The van der Waals surface area contributed by atoms with E-state index in [9.17, 15) is 22.8 Å². The van der Waals surface area contributed by atoms with Gasteiger partial charge < -0.3 is 16.0 Å². The standard InChI is InChI=1S/C21H26F3N3O2/c22-16-9-18(24)17(23)7-11(16)8-19(25)12-5-14-3-4-15(6-12)27(14)21(29)10-20(28)26-13-1-2-13/h7,9,12-15,19H,1-6,8,10,25H2,(H,26,28). The van der Waals surface area contributed by atoms with Crippen molar-refractivity contribution >= 4 is 11.8 Å². The highest BCUT2D eigenvalue weighted by Crippen LogP contribution is 2.40. The van der Waals surface area contributed by atoms with Gasteiger partial charge in [0.25, 0.3) is 0 Å². The maximum absolute atomic E-state index is 14.0. The Labute approximate surface area is 167 Å². The molecular formula is C21H26F3N3O2. The van der Waals surface area contributed by atoms with Gasteiger partial charge in [-0.3, -0.25) is 9.59 Å². The minimum atomic E-state index is -1.21. The van der Waals surface area contributed by atoms with Crippen LogP contribution in [0.2, 0.25) is 0 Å². The summed E-state index contributed by atoms with van der Waals surface area (Å²) in [7, 11) is 0. The molecule has 3 fully saturated rings. The van der Waals surface area contributed by atoms with Crippen molar-refractivity contribution in [1.29, 1.82) is 0 Å². The number of fused-ring (bicyclic) bond motifs is 2. The molecule has 0 aromatic heterocycles. The summed E-state index contributed by atoms with van der Waals surface area (Å²) in [6, 6.07) is 1.30. The number of carbonyl (C=O) groups excluding carboxylic acids is 2. The summed E-state index contributed by atoms with van der Waals surface area (Å²) >= 11 is 0. The predicted octanol–water partition coefficient (Wildman–Crippen LogP) is 2.41. The van der Waals surface area contributed by atoms with E-state index in [1.165, 1.54) is 0 Å². The van der Waals surface area contributed by atoms with Crippen LogP contribution in [-0.4, -0.2) is 40.9 Å². The van der Waals surface area contributed by atoms with Gasteiger partial charge in [-0.15, -0.1) is 0 Å². The number of nitrogens with zero attached hydrogens (tertiary/aromatic N) is 1. The van der Waals surface area contributed by atoms with Crippen LogP contribution in [0.25, 0.3) is 0 Å². The Hall–Kier alpha value is -2.09. The van der Waals surface area contributed by atoms with Crippen molar-refractivity contribution in [2.24, 2.45) is 11.7 Å². The molecule has 3 aliphatic rings. The molecule has 2 aliphatic heterocycles. The smallest absolute Gasteiger partial charge is 0.232 e. The maximum atomic E-state index is 14.0. The molecule has 1 saturated carbocycles. The summed E-state index contributed by atoms with van der Waals surface area (Å²) in [4.78, 5) is 26.5. The van der Waals surface area contributed by atoms with Crippen LogP contribution in [0.5, 0.6) is 0 Å². The second-order valence-corrected chi connectivity index (χ2v) is 8.66. The van der Waals surface area contributed by atoms with Crippen LogP contribution in [0.4, 0.5) is 13.2 Å². The highest BCUT2D eigenvalue weighted by molar-refractivity contribution is 5.97. The zero-order valence-corrected chi connectivity index (χ0v) is 16.2. The number of piperidine rings is 1. The molecule has 8 heteroatoms. The molecule has 2 amide bonds. The fraction of sp³-hybridized carbons (Fsp3) is 0.619.